The Morgan fingerprint density at radius 2 is 1.61 bits per heavy atom. The van der Waals surface area contributed by atoms with Crippen LogP contribution in [-0.4, -0.2) is 144 Å². The molecular weight excluding hydrogens is 981 g/mol. The molecule has 2 aliphatic carbocycles. The number of hydrogen-bond donors (Lipinski definition) is 3. The van der Waals surface area contributed by atoms with Crippen LogP contribution in [0.5, 0.6) is 11.6 Å². The molecule has 77 heavy (non-hydrogen) atoms. The zero-order chi connectivity index (χ0) is 54.3. The van der Waals surface area contributed by atoms with E-state index in [0.717, 1.165) is 99.9 Å². The van der Waals surface area contributed by atoms with Gasteiger partial charge < -0.3 is 59.7 Å². The number of pyridine rings is 1. The minimum atomic E-state index is -1.24. The molecule has 5 heterocycles. The Morgan fingerprint density at radius 3 is 2.29 bits per heavy atom. The number of rotatable bonds is 21. The van der Waals surface area contributed by atoms with Gasteiger partial charge in [-0.2, -0.15) is 0 Å². The van der Waals surface area contributed by atoms with Crippen LogP contribution in [-0.2, 0) is 35.2 Å². The van der Waals surface area contributed by atoms with Crippen LogP contribution >= 0.6 is 0 Å². The number of unbranched alkanes of at least 4 members (excludes halogenated alkanes) is 1. The minimum Gasteiger partial charge on any atom is -0.488 e. The molecule has 4 N–H and O–H groups in total. The normalized spacial score (nSPS) is 21.4. The number of fused-ring (bicyclic) bond motifs is 2. The molecular formula is C58H78N10O9. The summed E-state index contributed by atoms with van der Waals surface area (Å²) in [7, 11) is 4.00. The lowest BCUT2D eigenvalue weighted by Crippen LogP contribution is -2.56. The topological polar surface area (TPSA) is 216 Å². The first kappa shape index (κ1) is 55.0. The SMILES string of the molecule is CCOC(=O)C1(C(=O)NC(CCCCN(C)C)C(=O)Nc2ccc(COc3ccccc3-c3cc(N4CC5CCC(C4)N5c4ccnc(OC5CC(OC6CCN(C(=O)OC(C)(C)C)CC6)C5)c4)c(N)nn3)cc2)CCC1. The third-order valence-corrected chi connectivity index (χ3v) is 15.5. The summed E-state index contributed by atoms with van der Waals surface area (Å²) >= 11 is 0. The number of hydrogen-bond acceptors (Lipinski definition) is 16. The number of nitrogen functional groups attached to an aromatic ring is 1. The number of carbonyl (C=O) groups is 4. The number of para-hydroxylation sites is 1. The van der Waals surface area contributed by atoms with E-state index in [2.05, 4.69) is 52.6 Å². The number of anilines is 4. The third-order valence-electron chi connectivity index (χ3n) is 15.5. The lowest BCUT2D eigenvalue weighted by atomic mass is 9.68. The highest BCUT2D eigenvalue weighted by molar-refractivity contribution is 6.06. The fourth-order valence-corrected chi connectivity index (χ4v) is 11.1. The molecule has 0 spiro atoms. The predicted molar refractivity (Wildman–Crippen MR) is 294 cm³/mol. The van der Waals surface area contributed by atoms with Gasteiger partial charge in [-0.25, -0.2) is 9.78 Å². The molecule has 4 aromatic rings. The van der Waals surface area contributed by atoms with Gasteiger partial charge in [0.25, 0.3) is 0 Å². The number of nitrogens with one attached hydrogen (secondary N) is 2. The van der Waals surface area contributed by atoms with Gasteiger partial charge in [0, 0.05) is 80.3 Å². The fourth-order valence-electron chi connectivity index (χ4n) is 11.1. The fraction of sp³-hybridized carbons (Fsp3) is 0.569. The number of nitrogens with two attached hydrogens (primary N) is 1. The molecule has 2 saturated carbocycles. The van der Waals surface area contributed by atoms with Gasteiger partial charge in [-0.1, -0.05) is 30.7 Å². The molecule has 3 saturated heterocycles. The number of amides is 3. The van der Waals surface area contributed by atoms with E-state index in [1.54, 1.807) is 11.8 Å². The molecule has 3 aliphatic heterocycles. The summed E-state index contributed by atoms with van der Waals surface area (Å²) in [4.78, 5) is 66.0. The summed E-state index contributed by atoms with van der Waals surface area (Å²) in [5, 5.41) is 14.9. The monoisotopic (exact) mass is 1060 g/mol. The maximum Gasteiger partial charge on any atom is 0.410 e. The van der Waals surface area contributed by atoms with Crippen molar-refractivity contribution in [3.63, 3.8) is 0 Å². The lowest BCUT2D eigenvalue weighted by molar-refractivity contribution is -0.167. The number of piperidine rings is 1. The highest BCUT2D eigenvalue weighted by Crippen LogP contribution is 2.43. The smallest absolute Gasteiger partial charge is 0.410 e. The summed E-state index contributed by atoms with van der Waals surface area (Å²) < 4.78 is 30.1. The van der Waals surface area contributed by atoms with E-state index in [4.69, 9.17) is 29.4 Å². The Morgan fingerprint density at radius 1 is 0.883 bits per heavy atom. The molecule has 414 valence electrons. The molecule has 2 aromatic heterocycles. The van der Waals surface area contributed by atoms with Gasteiger partial charge in [-0.15, -0.1) is 10.2 Å². The molecule has 3 unspecified atom stereocenters. The average molecular weight is 1060 g/mol. The second-order valence-electron chi connectivity index (χ2n) is 22.6. The molecule has 3 amide bonds. The summed E-state index contributed by atoms with van der Waals surface area (Å²) in [6.07, 6.45) is 10.8. The number of ether oxygens (including phenoxy) is 5. The van der Waals surface area contributed by atoms with Crippen molar-refractivity contribution in [2.75, 3.05) is 74.3 Å². The molecule has 2 bridgehead atoms. The number of likely N-dealkylation sites (tertiary alicyclic amines) is 1. The van der Waals surface area contributed by atoms with Crippen molar-refractivity contribution in [2.45, 2.75) is 153 Å². The molecule has 5 fully saturated rings. The number of piperazine rings is 1. The highest BCUT2D eigenvalue weighted by atomic mass is 16.6. The van der Waals surface area contributed by atoms with Crippen LogP contribution in [0.25, 0.3) is 11.3 Å². The number of nitrogens with zero attached hydrogens (tertiary/aromatic N) is 7. The van der Waals surface area contributed by atoms with Crippen molar-refractivity contribution >= 4 is 46.8 Å². The summed E-state index contributed by atoms with van der Waals surface area (Å²) in [5.41, 5.74) is 9.67. The second kappa shape index (κ2) is 24.3. The molecule has 19 heteroatoms. The Labute approximate surface area is 452 Å². The Hall–Kier alpha value is -6.73. The van der Waals surface area contributed by atoms with Gasteiger partial charge in [0.2, 0.25) is 17.7 Å². The quantitative estimate of drug-likeness (QED) is 0.0413. The standard InChI is InChI=1S/C58H78N10O9/c1-7-73-55(71)58(25-12-26-58)54(70)62-47(14-10-11-28-65(5)6)53(69)61-39-18-16-38(17-19-39)37-74-50-15-9-8-13-46(50)48-34-49(52(59)64-63-48)67-35-41-20-21-42(36-67)68(41)40-22-27-60-51(31-40)76-45-32-44(33-45)75-43-23-29-66(30-24-43)56(72)77-57(2,3)4/h8-9,13,15-19,22,27,31,34,41-45,47H,7,10-12,14,20-21,23-26,28-30,32-33,35-37H2,1-6H3,(H2,59,64)(H,61,69)(H,62,70). The van der Waals surface area contributed by atoms with E-state index < -0.39 is 28.9 Å². The highest BCUT2D eigenvalue weighted by Gasteiger charge is 2.53. The van der Waals surface area contributed by atoms with E-state index >= 15 is 0 Å². The van der Waals surface area contributed by atoms with Crippen LogP contribution in [0.15, 0.2) is 72.9 Å². The van der Waals surface area contributed by atoms with Crippen molar-refractivity contribution in [2.24, 2.45) is 5.41 Å². The molecule has 5 aliphatic rings. The summed E-state index contributed by atoms with van der Waals surface area (Å²) in [5.74, 6) is 0.315. The van der Waals surface area contributed by atoms with Crippen LogP contribution in [0.1, 0.15) is 110 Å². The van der Waals surface area contributed by atoms with Gasteiger partial charge in [0.15, 0.2) is 5.82 Å². The van der Waals surface area contributed by atoms with Crippen LogP contribution in [0.4, 0.5) is 27.7 Å². The Balaban J connectivity index is 0.770. The number of carbonyl (C=O) groups excluding carboxylic acids is 4. The first-order valence-electron chi connectivity index (χ1n) is 27.7. The van der Waals surface area contributed by atoms with Crippen molar-refractivity contribution in [1.82, 2.24) is 30.3 Å². The van der Waals surface area contributed by atoms with Crippen LogP contribution in [0.3, 0.4) is 0 Å². The van der Waals surface area contributed by atoms with Gasteiger partial charge in [-0.3, -0.25) is 14.4 Å². The first-order valence-corrected chi connectivity index (χ1v) is 27.7. The van der Waals surface area contributed by atoms with E-state index in [9.17, 15) is 19.2 Å². The van der Waals surface area contributed by atoms with Gasteiger partial charge in [0.05, 0.1) is 30.2 Å². The zero-order valence-electron chi connectivity index (χ0n) is 45.7. The third kappa shape index (κ3) is 13.5. The summed E-state index contributed by atoms with van der Waals surface area (Å²) in [6, 6.07) is 21.0. The van der Waals surface area contributed by atoms with Crippen LogP contribution in [0.2, 0.25) is 0 Å². The van der Waals surface area contributed by atoms with E-state index in [-0.39, 0.29) is 55.6 Å². The first-order chi connectivity index (χ1) is 37.0. The second-order valence-corrected chi connectivity index (χ2v) is 22.6. The van der Waals surface area contributed by atoms with Crippen LogP contribution < -0.4 is 35.6 Å². The van der Waals surface area contributed by atoms with Crippen molar-refractivity contribution in [1.29, 1.82) is 0 Å². The van der Waals surface area contributed by atoms with Crippen molar-refractivity contribution < 1.29 is 42.9 Å². The maximum atomic E-state index is 13.7. The van der Waals surface area contributed by atoms with E-state index in [0.29, 0.717) is 61.2 Å². The molecule has 0 radical (unpaired) electrons. The van der Waals surface area contributed by atoms with Gasteiger partial charge >= 0.3 is 12.1 Å². The number of esters is 1. The van der Waals surface area contributed by atoms with Crippen molar-refractivity contribution in [3.8, 4) is 22.9 Å². The van der Waals surface area contributed by atoms with Crippen LogP contribution in [0, 0.1) is 5.41 Å². The number of aromatic nitrogens is 3. The molecule has 3 atom stereocenters. The minimum absolute atomic E-state index is 0.0423. The molecule has 19 nitrogen and oxygen atoms in total. The summed E-state index contributed by atoms with van der Waals surface area (Å²) in [6.45, 7) is 11.5. The maximum absolute atomic E-state index is 13.7. The Kier molecular flexibility index (Phi) is 17.4. The van der Waals surface area contributed by atoms with Crippen molar-refractivity contribution in [3.05, 3.63) is 78.5 Å². The lowest BCUT2D eigenvalue weighted by Gasteiger charge is -2.43. The Bertz CT molecular complexity index is 2670. The molecule has 9 rings (SSSR count). The predicted octanol–water partition coefficient (Wildman–Crippen LogP) is 7.77. The van der Waals surface area contributed by atoms with E-state index in [1.807, 2.05) is 95.7 Å². The zero-order valence-corrected chi connectivity index (χ0v) is 45.7. The van der Waals surface area contributed by atoms with Gasteiger partial charge in [0.1, 0.15) is 35.5 Å². The van der Waals surface area contributed by atoms with Gasteiger partial charge in [-0.05, 0) is 148 Å². The number of benzene rings is 2. The molecule has 2 aromatic carbocycles. The van der Waals surface area contributed by atoms with E-state index in [1.165, 1.54) is 0 Å². The average Bonchev–Trinajstić information content (AvgIpc) is 3.68. The largest absolute Gasteiger partial charge is 0.488 e.